The second kappa shape index (κ2) is 7.13. The smallest absolute Gasteiger partial charge is 0.275 e. The van der Waals surface area contributed by atoms with Gasteiger partial charge in [-0.15, -0.1) is 13.2 Å². The van der Waals surface area contributed by atoms with Crippen molar-refractivity contribution < 1.29 is 18.0 Å². The van der Waals surface area contributed by atoms with E-state index < -0.39 is 12.2 Å². The molecule has 0 aliphatic carbocycles. The van der Waals surface area contributed by atoms with Crippen LogP contribution >= 0.6 is 0 Å². The summed E-state index contributed by atoms with van der Waals surface area (Å²) in [4.78, 5) is 12.5. The summed E-state index contributed by atoms with van der Waals surface area (Å²) in [7, 11) is 1.55. The second-order valence-electron chi connectivity index (χ2n) is 7.74. The number of anilines is 1. The van der Waals surface area contributed by atoms with Crippen molar-refractivity contribution in [2.24, 2.45) is 12.5 Å². The van der Waals surface area contributed by atoms with E-state index in [0.717, 1.165) is 6.20 Å². The molecule has 0 saturated carbocycles. The Morgan fingerprint density at radius 2 is 1.85 bits per heavy atom. The minimum Gasteiger partial charge on any atom is -0.275 e. The van der Waals surface area contributed by atoms with Gasteiger partial charge in [-0.1, -0.05) is 45.9 Å². The molecule has 0 radical (unpaired) electrons. The van der Waals surface area contributed by atoms with Crippen LogP contribution in [0, 0.1) is 5.41 Å². The number of halogens is 3. The molecule has 0 saturated heterocycles. The Bertz CT molecular complexity index is 775. The SMILES string of the molecule is CC(CC(C)(C)C)c1ccccc1N(C(=O)c1cnn(C)c1)C(F)(F)F. The fourth-order valence-corrected chi connectivity index (χ4v) is 3.16. The van der Waals surface area contributed by atoms with Gasteiger partial charge in [0.1, 0.15) is 0 Å². The first-order valence-electron chi connectivity index (χ1n) is 8.39. The van der Waals surface area contributed by atoms with E-state index in [9.17, 15) is 18.0 Å². The Labute approximate surface area is 151 Å². The Morgan fingerprint density at radius 1 is 1.23 bits per heavy atom. The number of rotatable bonds is 4. The first kappa shape index (κ1) is 20.0. The third kappa shape index (κ3) is 4.65. The predicted molar refractivity (Wildman–Crippen MR) is 95.0 cm³/mol. The van der Waals surface area contributed by atoms with Crippen LogP contribution in [0.1, 0.15) is 56.0 Å². The van der Waals surface area contributed by atoms with Gasteiger partial charge in [-0.2, -0.15) is 5.10 Å². The molecule has 0 aliphatic heterocycles. The van der Waals surface area contributed by atoms with Crippen molar-refractivity contribution in [3.8, 4) is 0 Å². The number of carbonyl (C=O) groups excluding carboxylic acids is 1. The topological polar surface area (TPSA) is 38.1 Å². The quantitative estimate of drug-likeness (QED) is 0.703. The average molecular weight is 367 g/mol. The van der Waals surface area contributed by atoms with Gasteiger partial charge in [-0.05, 0) is 29.4 Å². The van der Waals surface area contributed by atoms with Gasteiger partial charge in [0.2, 0.25) is 0 Å². The highest BCUT2D eigenvalue weighted by Crippen LogP contribution is 2.39. The summed E-state index contributed by atoms with van der Waals surface area (Å²) >= 11 is 0. The number of amides is 1. The molecule has 0 fully saturated rings. The lowest BCUT2D eigenvalue weighted by molar-refractivity contribution is -0.122. The van der Waals surface area contributed by atoms with Crippen LogP contribution in [-0.4, -0.2) is 22.0 Å². The zero-order valence-electron chi connectivity index (χ0n) is 15.6. The van der Waals surface area contributed by atoms with Crippen molar-refractivity contribution in [2.75, 3.05) is 4.90 Å². The Hall–Kier alpha value is -2.31. The van der Waals surface area contributed by atoms with Crippen molar-refractivity contribution in [3.05, 3.63) is 47.8 Å². The van der Waals surface area contributed by atoms with Gasteiger partial charge in [-0.25, -0.2) is 4.90 Å². The van der Waals surface area contributed by atoms with Crippen LogP contribution in [0.3, 0.4) is 0 Å². The molecule has 0 spiro atoms. The highest BCUT2D eigenvalue weighted by Gasteiger charge is 2.44. The number of para-hydroxylation sites is 1. The highest BCUT2D eigenvalue weighted by molar-refractivity contribution is 6.06. The number of carbonyl (C=O) groups is 1. The molecule has 7 heteroatoms. The fraction of sp³-hybridized carbons (Fsp3) is 0.474. The number of benzene rings is 1. The summed E-state index contributed by atoms with van der Waals surface area (Å²) in [6.45, 7) is 7.99. The first-order chi connectivity index (χ1) is 11.9. The van der Waals surface area contributed by atoms with Crippen LogP contribution in [0.4, 0.5) is 18.9 Å². The van der Waals surface area contributed by atoms with E-state index >= 15 is 0 Å². The van der Waals surface area contributed by atoms with Gasteiger partial charge in [0.15, 0.2) is 0 Å². The summed E-state index contributed by atoms with van der Waals surface area (Å²) < 4.78 is 42.7. The number of aromatic nitrogens is 2. The number of hydrogen-bond donors (Lipinski definition) is 0. The zero-order chi connectivity index (χ0) is 19.7. The third-order valence-corrected chi connectivity index (χ3v) is 4.04. The van der Waals surface area contributed by atoms with Crippen molar-refractivity contribution in [1.29, 1.82) is 0 Å². The van der Waals surface area contributed by atoms with E-state index in [1.807, 2.05) is 27.7 Å². The van der Waals surface area contributed by atoms with E-state index in [4.69, 9.17) is 0 Å². The molecule has 1 unspecified atom stereocenters. The molecule has 2 aromatic rings. The molecule has 4 nitrogen and oxygen atoms in total. The fourth-order valence-electron chi connectivity index (χ4n) is 3.16. The maximum atomic E-state index is 13.8. The summed E-state index contributed by atoms with van der Waals surface area (Å²) in [5, 5.41) is 3.80. The summed E-state index contributed by atoms with van der Waals surface area (Å²) in [5.74, 6) is -1.28. The van der Waals surface area contributed by atoms with Gasteiger partial charge in [0.25, 0.3) is 5.91 Å². The van der Waals surface area contributed by atoms with Gasteiger partial charge >= 0.3 is 6.30 Å². The van der Waals surface area contributed by atoms with E-state index in [0.29, 0.717) is 12.0 Å². The minimum atomic E-state index is -4.84. The molecule has 0 N–H and O–H groups in total. The molecule has 26 heavy (non-hydrogen) atoms. The maximum Gasteiger partial charge on any atom is 0.491 e. The molecule has 2 rings (SSSR count). The van der Waals surface area contributed by atoms with Crippen molar-refractivity contribution in [2.45, 2.75) is 46.3 Å². The number of aryl methyl sites for hydroxylation is 1. The summed E-state index contributed by atoms with van der Waals surface area (Å²) in [6, 6.07) is 6.20. The van der Waals surface area contributed by atoms with Crippen LogP contribution in [0.2, 0.25) is 0 Å². The summed E-state index contributed by atoms with van der Waals surface area (Å²) in [5.41, 5.74) is 0.203. The molecule has 1 heterocycles. The van der Waals surface area contributed by atoms with Gasteiger partial charge < -0.3 is 0 Å². The van der Waals surface area contributed by atoms with E-state index in [-0.39, 0.29) is 27.5 Å². The number of hydrogen-bond acceptors (Lipinski definition) is 2. The summed E-state index contributed by atoms with van der Waals surface area (Å²) in [6.07, 6.45) is -1.73. The lowest BCUT2D eigenvalue weighted by Gasteiger charge is -2.30. The zero-order valence-corrected chi connectivity index (χ0v) is 15.6. The van der Waals surface area contributed by atoms with Crippen LogP contribution in [0.5, 0.6) is 0 Å². The largest absolute Gasteiger partial charge is 0.491 e. The third-order valence-electron chi connectivity index (χ3n) is 4.04. The normalized spacial score (nSPS) is 13.5. The molecule has 0 bridgehead atoms. The van der Waals surface area contributed by atoms with E-state index in [2.05, 4.69) is 5.10 Å². The molecular weight excluding hydrogens is 343 g/mol. The molecule has 0 aliphatic rings. The van der Waals surface area contributed by atoms with Gasteiger partial charge in [0, 0.05) is 13.2 Å². The Morgan fingerprint density at radius 3 is 2.35 bits per heavy atom. The average Bonchev–Trinajstić information content (AvgIpc) is 2.91. The lowest BCUT2D eigenvalue weighted by atomic mass is 9.82. The van der Waals surface area contributed by atoms with E-state index in [1.165, 1.54) is 23.0 Å². The monoisotopic (exact) mass is 367 g/mol. The van der Waals surface area contributed by atoms with E-state index in [1.54, 1.807) is 19.2 Å². The molecule has 142 valence electrons. The van der Waals surface area contributed by atoms with Crippen molar-refractivity contribution >= 4 is 11.6 Å². The Kier molecular flexibility index (Phi) is 5.49. The first-order valence-corrected chi connectivity index (χ1v) is 8.39. The number of alkyl halides is 3. The maximum absolute atomic E-state index is 13.8. The molecule has 1 aromatic carbocycles. The van der Waals surface area contributed by atoms with Gasteiger partial charge in [-0.3, -0.25) is 9.48 Å². The minimum absolute atomic E-state index is 0.0526. The molecule has 1 aromatic heterocycles. The second-order valence-corrected chi connectivity index (χ2v) is 7.74. The number of nitrogens with zero attached hydrogens (tertiary/aromatic N) is 3. The van der Waals surface area contributed by atoms with Crippen molar-refractivity contribution in [1.82, 2.24) is 9.78 Å². The molecule has 1 atom stereocenters. The van der Waals surface area contributed by atoms with Crippen molar-refractivity contribution in [3.63, 3.8) is 0 Å². The van der Waals surface area contributed by atoms with Gasteiger partial charge in [0.05, 0.1) is 17.4 Å². The van der Waals surface area contributed by atoms with Crippen LogP contribution < -0.4 is 4.90 Å². The standard InChI is InChI=1S/C19H24F3N3O/c1-13(10-18(2,3)4)15-8-6-7-9-16(15)25(19(20,21)22)17(26)14-11-23-24(5)12-14/h6-9,11-13H,10H2,1-5H3. The predicted octanol–water partition coefficient (Wildman–Crippen LogP) is 5.13. The molecule has 1 amide bonds. The van der Waals surface area contributed by atoms with Crippen LogP contribution in [0.15, 0.2) is 36.7 Å². The Balaban J connectivity index is 2.52. The van der Waals surface area contributed by atoms with Crippen LogP contribution in [0.25, 0.3) is 0 Å². The highest BCUT2D eigenvalue weighted by atomic mass is 19.4. The van der Waals surface area contributed by atoms with Crippen LogP contribution in [-0.2, 0) is 7.05 Å². The molecular formula is C19H24F3N3O. The lowest BCUT2D eigenvalue weighted by Crippen LogP contribution is -2.43.